The third kappa shape index (κ3) is 2.95. The number of carbonyl (C=O) groups is 2. The minimum atomic E-state index is -0.472. The number of fused-ring (bicyclic) bond motifs is 1. The quantitative estimate of drug-likeness (QED) is 0.665. The van der Waals surface area contributed by atoms with Crippen molar-refractivity contribution in [1.29, 1.82) is 0 Å². The number of ether oxygens (including phenoxy) is 1. The van der Waals surface area contributed by atoms with Gasteiger partial charge in [0, 0.05) is 36.3 Å². The van der Waals surface area contributed by atoms with Crippen molar-refractivity contribution in [3.63, 3.8) is 0 Å². The number of phenolic OH excluding ortho intramolecular Hbond substituents is 1. The van der Waals surface area contributed by atoms with Crippen LogP contribution in [0.15, 0.2) is 30.4 Å². The van der Waals surface area contributed by atoms with Crippen molar-refractivity contribution in [1.82, 2.24) is 9.88 Å². The summed E-state index contributed by atoms with van der Waals surface area (Å²) in [6.07, 6.45) is 2.77. The highest BCUT2D eigenvalue weighted by Crippen LogP contribution is 2.28. The number of phenols is 1. The topological polar surface area (TPSA) is 80.6 Å². The predicted molar refractivity (Wildman–Crippen MR) is 82.8 cm³/mol. The molecule has 6 heteroatoms. The van der Waals surface area contributed by atoms with Gasteiger partial charge in [0.25, 0.3) is 5.91 Å². The molecular formula is C16H18N2O4. The first-order valence-corrected chi connectivity index (χ1v) is 6.76. The van der Waals surface area contributed by atoms with Gasteiger partial charge in [-0.3, -0.25) is 4.79 Å². The fraction of sp³-hybridized carbons (Fsp3) is 0.250. The molecule has 0 aliphatic carbocycles. The Kier molecular flexibility index (Phi) is 4.50. The number of amides is 1. The van der Waals surface area contributed by atoms with Crippen molar-refractivity contribution < 1.29 is 19.4 Å². The molecule has 6 nitrogen and oxygen atoms in total. The number of rotatable bonds is 4. The summed E-state index contributed by atoms with van der Waals surface area (Å²) in [5.41, 5.74) is 2.18. The first-order chi connectivity index (χ1) is 10.5. The number of hydrogen-bond donors (Lipinski definition) is 2. The van der Waals surface area contributed by atoms with Gasteiger partial charge in [-0.1, -0.05) is 6.08 Å². The summed E-state index contributed by atoms with van der Waals surface area (Å²) in [7, 11) is 3.15. The third-order valence-corrected chi connectivity index (χ3v) is 3.54. The third-order valence-electron chi connectivity index (χ3n) is 3.54. The van der Waals surface area contributed by atoms with Crippen LogP contribution in [0.3, 0.4) is 0 Å². The molecule has 0 saturated heterocycles. The minimum Gasteiger partial charge on any atom is -0.508 e. The number of aromatic hydroxyl groups is 1. The van der Waals surface area contributed by atoms with Crippen molar-refractivity contribution in [2.24, 2.45) is 7.05 Å². The Labute approximate surface area is 128 Å². The van der Waals surface area contributed by atoms with E-state index in [-0.39, 0.29) is 18.2 Å². The number of hydrogen-bond acceptors (Lipinski definition) is 4. The van der Waals surface area contributed by atoms with Gasteiger partial charge in [0.2, 0.25) is 0 Å². The summed E-state index contributed by atoms with van der Waals surface area (Å²) < 4.78 is 6.36. The Hall–Kier alpha value is -2.76. The van der Waals surface area contributed by atoms with E-state index in [9.17, 15) is 14.7 Å². The monoisotopic (exact) mass is 302 g/mol. The predicted octanol–water partition coefficient (Wildman–Crippen LogP) is 1.65. The van der Waals surface area contributed by atoms with Gasteiger partial charge in [-0.15, -0.1) is 0 Å². The summed E-state index contributed by atoms with van der Waals surface area (Å²) in [6.45, 7) is 2.05. The molecule has 116 valence electrons. The summed E-state index contributed by atoms with van der Waals surface area (Å²) in [4.78, 5) is 23.3. The zero-order chi connectivity index (χ0) is 16.3. The molecule has 2 N–H and O–H groups in total. The zero-order valence-corrected chi connectivity index (χ0v) is 12.7. The van der Waals surface area contributed by atoms with E-state index in [2.05, 4.69) is 10.1 Å². The lowest BCUT2D eigenvalue weighted by Gasteiger charge is -2.03. The second-order valence-electron chi connectivity index (χ2n) is 4.86. The lowest BCUT2D eigenvalue weighted by molar-refractivity contribution is -0.134. The Morgan fingerprint density at radius 1 is 1.41 bits per heavy atom. The Balaban J connectivity index is 2.25. The van der Waals surface area contributed by atoms with Crippen LogP contribution in [-0.2, 0) is 16.6 Å². The van der Waals surface area contributed by atoms with E-state index < -0.39 is 5.97 Å². The molecule has 1 heterocycles. The number of methoxy groups -OCH3 is 1. The zero-order valence-electron chi connectivity index (χ0n) is 12.7. The number of carbonyl (C=O) groups excluding carboxylic acids is 2. The molecule has 2 rings (SSSR count). The molecule has 0 fully saturated rings. The Morgan fingerprint density at radius 3 is 2.82 bits per heavy atom. The van der Waals surface area contributed by atoms with E-state index in [0.717, 1.165) is 11.2 Å². The smallest absolute Gasteiger partial charge is 0.330 e. The van der Waals surface area contributed by atoms with E-state index >= 15 is 0 Å². The number of aryl methyl sites for hydroxylation is 1. The molecule has 0 aliphatic heterocycles. The van der Waals surface area contributed by atoms with Crippen LogP contribution in [0.2, 0.25) is 0 Å². The molecule has 0 saturated carbocycles. The van der Waals surface area contributed by atoms with Crippen LogP contribution in [0, 0.1) is 6.92 Å². The van der Waals surface area contributed by atoms with Crippen LogP contribution in [0.25, 0.3) is 10.9 Å². The number of nitrogens with one attached hydrogen (secondary N) is 1. The van der Waals surface area contributed by atoms with Gasteiger partial charge in [-0.25, -0.2) is 4.79 Å². The lowest BCUT2D eigenvalue weighted by atomic mass is 10.1. The highest BCUT2D eigenvalue weighted by Gasteiger charge is 2.18. The van der Waals surface area contributed by atoms with Crippen LogP contribution in [0.5, 0.6) is 5.75 Å². The normalized spacial score (nSPS) is 11.0. The Morgan fingerprint density at radius 2 is 2.14 bits per heavy atom. The van der Waals surface area contributed by atoms with Crippen molar-refractivity contribution in [2.45, 2.75) is 6.92 Å². The number of benzene rings is 1. The van der Waals surface area contributed by atoms with Gasteiger partial charge in [-0.2, -0.15) is 0 Å². The Bertz CT molecular complexity index is 759. The first kappa shape index (κ1) is 15.6. The molecule has 0 aliphatic rings. The van der Waals surface area contributed by atoms with Crippen molar-refractivity contribution in [3.8, 4) is 5.75 Å². The van der Waals surface area contributed by atoms with Crippen molar-refractivity contribution in [2.75, 3.05) is 13.7 Å². The molecule has 22 heavy (non-hydrogen) atoms. The largest absolute Gasteiger partial charge is 0.508 e. The van der Waals surface area contributed by atoms with E-state index in [1.54, 1.807) is 18.2 Å². The fourth-order valence-electron chi connectivity index (χ4n) is 2.31. The molecule has 1 aromatic carbocycles. The number of aromatic nitrogens is 1. The van der Waals surface area contributed by atoms with Crippen LogP contribution < -0.4 is 5.32 Å². The van der Waals surface area contributed by atoms with Crippen LogP contribution in [-0.4, -0.2) is 35.2 Å². The van der Waals surface area contributed by atoms with Gasteiger partial charge >= 0.3 is 5.97 Å². The summed E-state index contributed by atoms with van der Waals surface area (Å²) in [6, 6.07) is 4.93. The maximum absolute atomic E-state index is 12.4. The van der Waals surface area contributed by atoms with Gasteiger partial charge in [0.05, 0.1) is 12.7 Å². The van der Waals surface area contributed by atoms with E-state index in [0.29, 0.717) is 10.9 Å². The highest BCUT2D eigenvalue weighted by atomic mass is 16.5. The van der Waals surface area contributed by atoms with E-state index in [1.165, 1.54) is 19.3 Å². The van der Waals surface area contributed by atoms with Crippen LogP contribution in [0.4, 0.5) is 0 Å². The summed E-state index contributed by atoms with van der Waals surface area (Å²) >= 11 is 0. The molecule has 1 amide bonds. The SMILES string of the molecule is COC(=O)/C=C/CNC(=O)c1c(C)n(C)c2ccc(O)cc12. The lowest BCUT2D eigenvalue weighted by Crippen LogP contribution is -2.24. The van der Waals surface area contributed by atoms with Crippen LogP contribution >= 0.6 is 0 Å². The second kappa shape index (κ2) is 6.34. The first-order valence-electron chi connectivity index (χ1n) is 6.76. The molecule has 0 radical (unpaired) electrons. The molecule has 1 aromatic heterocycles. The highest BCUT2D eigenvalue weighted by molar-refractivity contribution is 6.08. The number of esters is 1. The van der Waals surface area contributed by atoms with Gasteiger partial charge in [0.1, 0.15) is 5.75 Å². The van der Waals surface area contributed by atoms with Crippen LogP contribution in [0.1, 0.15) is 16.1 Å². The average Bonchev–Trinajstić information content (AvgIpc) is 2.74. The number of nitrogens with zero attached hydrogens (tertiary/aromatic N) is 1. The molecule has 2 aromatic rings. The average molecular weight is 302 g/mol. The van der Waals surface area contributed by atoms with E-state index in [1.807, 2.05) is 18.5 Å². The summed E-state index contributed by atoms with van der Waals surface area (Å²) in [5.74, 6) is -0.624. The minimum absolute atomic E-state index is 0.109. The standard InChI is InChI=1S/C16H18N2O4/c1-10-15(16(21)17-8-4-5-14(20)22-3)12-9-11(19)6-7-13(12)18(10)2/h4-7,9,19H,8H2,1-3H3,(H,17,21)/b5-4+. The molecule has 0 atom stereocenters. The maximum atomic E-state index is 12.4. The second-order valence-corrected chi connectivity index (χ2v) is 4.86. The fourth-order valence-corrected chi connectivity index (χ4v) is 2.31. The summed E-state index contributed by atoms with van der Waals surface area (Å²) in [5, 5.41) is 13.0. The van der Waals surface area contributed by atoms with Crippen molar-refractivity contribution in [3.05, 3.63) is 41.6 Å². The molecule has 0 spiro atoms. The molecule has 0 bridgehead atoms. The molecular weight excluding hydrogens is 284 g/mol. The molecule has 0 unspecified atom stereocenters. The maximum Gasteiger partial charge on any atom is 0.330 e. The van der Waals surface area contributed by atoms with Gasteiger partial charge in [-0.05, 0) is 25.1 Å². The van der Waals surface area contributed by atoms with Gasteiger partial charge in [0.15, 0.2) is 0 Å². The van der Waals surface area contributed by atoms with E-state index in [4.69, 9.17) is 0 Å². The van der Waals surface area contributed by atoms with Crippen molar-refractivity contribution >= 4 is 22.8 Å². The van der Waals surface area contributed by atoms with Gasteiger partial charge < -0.3 is 19.7 Å².